The van der Waals surface area contributed by atoms with Gasteiger partial charge in [-0.15, -0.1) is 11.8 Å². The predicted octanol–water partition coefficient (Wildman–Crippen LogP) is 2.64. The van der Waals surface area contributed by atoms with E-state index in [-0.39, 0.29) is 18.0 Å². The van der Waals surface area contributed by atoms with Gasteiger partial charge >= 0.3 is 0 Å². The van der Waals surface area contributed by atoms with Gasteiger partial charge in [0, 0.05) is 16.7 Å². The molecule has 1 atom stereocenters. The molecule has 3 nitrogen and oxygen atoms in total. The lowest BCUT2D eigenvalue weighted by Crippen LogP contribution is -2.44. The third-order valence-corrected chi connectivity index (χ3v) is 4.08. The number of carbonyl (C=O) groups excluding carboxylic acids is 1. The highest BCUT2D eigenvalue weighted by Gasteiger charge is 2.15. The van der Waals surface area contributed by atoms with Crippen molar-refractivity contribution >= 4 is 17.7 Å². The average Bonchev–Trinajstić information content (AvgIpc) is 2.29. The maximum absolute atomic E-state index is 11.3. The first-order valence-corrected chi connectivity index (χ1v) is 7.64. The second kappa shape index (κ2) is 7.56. The van der Waals surface area contributed by atoms with Crippen molar-refractivity contribution < 1.29 is 4.79 Å². The van der Waals surface area contributed by atoms with Gasteiger partial charge in [-0.25, -0.2) is 0 Å². The summed E-state index contributed by atoms with van der Waals surface area (Å²) in [6, 6.07) is 6.47. The molecule has 0 saturated heterocycles. The van der Waals surface area contributed by atoms with Crippen molar-refractivity contribution in [3.05, 3.63) is 29.3 Å². The van der Waals surface area contributed by atoms with Crippen molar-refractivity contribution in [2.75, 3.05) is 5.75 Å². The van der Waals surface area contributed by atoms with Gasteiger partial charge in [-0.2, -0.15) is 0 Å². The van der Waals surface area contributed by atoms with E-state index >= 15 is 0 Å². The Morgan fingerprint density at radius 2 is 2.05 bits per heavy atom. The van der Waals surface area contributed by atoms with Crippen LogP contribution in [0, 0.1) is 13.8 Å². The molecule has 0 radical (unpaired) electrons. The summed E-state index contributed by atoms with van der Waals surface area (Å²) in [5.41, 5.74) is 7.97. The number of aryl methyl sites for hydroxylation is 2. The molecule has 0 aromatic heterocycles. The number of amides is 1. The zero-order valence-corrected chi connectivity index (χ0v) is 13.0. The van der Waals surface area contributed by atoms with Gasteiger partial charge in [0.25, 0.3) is 0 Å². The summed E-state index contributed by atoms with van der Waals surface area (Å²) in [5, 5.41) is 3.20. The van der Waals surface area contributed by atoms with Crippen molar-refractivity contribution in [1.29, 1.82) is 0 Å². The van der Waals surface area contributed by atoms with Crippen LogP contribution in [0.5, 0.6) is 0 Å². The second-order valence-corrected chi connectivity index (χ2v) is 6.32. The van der Waals surface area contributed by atoms with Crippen LogP contribution in [0.2, 0.25) is 0 Å². The topological polar surface area (TPSA) is 55.1 Å². The molecule has 3 N–H and O–H groups in total. The SMILES string of the molecule is Cc1ccc(SCCC(NC(C)C)C(N)=O)c(C)c1. The van der Waals surface area contributed by atoms with Crippen LogP contribution >= 0.6 is 11.8 Å². The molecule has 1 aromatic rings. The molecule has 1 rings (SSSR count). The van der Waals surface area contributed by atoms with E-state index in [1.54, 1.807) is 11.8 Å². The summed E-state index contributed by atoms with van der Waals surface area (Å²) in [6.07, 6.45) is 0.755. The molecule has 0 fully saturated rings. The maximum Gasteiger partial charge on any atom is 0.234 e. The summed E-state index contributed by atoms with van der Waals surface area (Å²) in [7, 11) is 0. The van der Waals surface area contributed by atoms with Crippen molar-refractivity contribution in [2.24, 2.45) is 5.73 Å². The highest BCUT2D eigenvalue weighted by Crippen LogP contribution is 2.24. The summed E-state index contributed by atoms with van der Waals surface area (Å²) in [4.78, 5) is 12.6. The lowest BCUT2D eigenvalue weighted by molar-refractivity contribution is -0.120. The monoisotopic (exact) mass is 280 g/mol. The predicted molar refractivity (Wildman–Crippen MR) is 82.5 cm³/mol. The number of hydrogen-bond donors (Lipinski definition) is 2. The summed E-state index contributed by atoms with van der Waals surface area (Å²) in [6.45, 7) is 8.25. The number of nitrogens with one attached hydrogen (secondary N) is 1. The molecule has 1 unspecified atom stereocenters. The van der Waals surface area contributed by atoms with Gasteiger partial charge in [-0.1, -0.05) is 31.5 Å². The molecule has 0 aliphatic carbocycles. The van der Waals surface area contributed by atoms with Crippen LogP contribution in [0.1, 0.15) is 31.4 Å². The highest BCUT2D eigenvalue weighted by atomic mass is 32.2. The first kappa shape index (κ1) is 16.1. The number of thioether (sulfide) groups is 1. The van der Waals surface area contributed by atoms with Crippen molar-refractivity contribution in [3.63, 3.8) is 0 Å². The van der Waals surface area contributed by atoms with E-state index in [1.165, 1.54) is 16.0 Å². The van der Waals surface area contributed by atoms with E-state index in [2.05, 4.69) is 37.4 Å². The number of benzene rings is 1. The molecule has 1 amide bonds. The Balaban J connectivity index is 2.49. The Bertz CT molecular complexity index is 432. The summed E-state index contributed by atoms with van der Waals surface area (Å²) < 4.78 is 0. The van der Waals surface area contributed by atoms with E-state index in [4.69, 9.17) is 5.73 Å². The maximum atomic E-state index is 11.3. The van der Waals surface area contributed by atoms with Crippen LogP contribution in [0.15, 0.2) is 23.1 Å². The Kier molecular flexibility index (Phi) is 6.38. The number of hydrogen-bond acceptors (Lipinski definition) is 3. The molecular weight excluding hydrogens is 256 g/mol. The lowest BCUT2D eigenvalue weighted by atomic mass is 10.2. The Morgan fingerprint density at radius 1 is 1.37 bits per heavy atom. The third-order valence-electron chi connectivity index (χ3n) is 2.87. The molecule has 19 heavy (non-hydrogen) atoms. The quantitative estimate of drug-likeness (QED) is 0.755. The number of nitrogens with two attached hydrogens (primary N) is 1. The minimum Gasteiger partial charge on any atom is -0.368 e. The van der Waals surface area contributed by atoms with E-state index in [0.717, 1.165) is 12.2 Å². The molecule has 1 aromatic carbocycles. The van der Waals surface area contributed by atoms with Crippen molar-refractivity contribution in [3.8, 4) is 0 Å². The van der Waals surface area contributed by atoms with Crippen LogP contribution in [0.25, 0.3) is 0 Å². The van der Waals surface area contributed by atoms with Gasteiger partial charge in [0.1, 0.15) is 0 Å². The zero-order valence-electron chi connectivity index (χ0n) is 12.2. The Hall–Kier alpha value is -1.00. The van der Waals surface area contributed by atoms with E-state index in [9.17, 15) is 4.79 Å². The Labute approximate surface area is 120 Å². The smallest absolute Gasteiger partial charge is 0.234 e. The molecule has 0 bridgehead atoms. The largest absolute Gasteiger partial charge is 0.368 e. The summed E-state index contributed by atoms with van der Waals surface area (Å²) in [5.74, 6) is 0.618. The number of rotatable bonds is 7. The highest BCUT2D eigenvalue weighted by molar-refractivity contribution is 7.99. The molecular formula is C15H24N2OS. The van der Waals surface area contributed by atoms with E-state index < -0.39 is 0 Å². The molecule has 0 saturated carbocycles. The van der Waals surface area contributed by atoms with Gasteiger partial charge in [0.05, 0.1) is 6.04 Å². The van der Waals surface area contributed by atoms with E-state index in [0.29, 0.717) is 0 Å². The van der Waals surface area contributed by atoms with Crippen LogP contribution in [-0.2, 0) is 4.79 Å². The normalized spacial score (nSPS) is 12.7. The van der Waals surface area contributed by atoms with Crippen LogP contribution in [-0.4, -0.2) is 23.7 Å². The number of primary amides is 1. The van der Waals surface area contributed by atoms with Crippen LogP contribution in [0.4, 0.5) is 0 Å². The minimum absolute atomic E-state index is 0.238. The lowest BCUT2D eigenvalue weighted by Gasteiger charge is -2.18. The molecule has 0 heterocycles. The van der Waals surface area contributed by atoms with E-state index in [1.807, 2.05) is 13.8 Å². The first-order valence-electron chi connectivity index (χ1n) is 6.65. The van der Waals surface area contributed by atoms with Gasteiger partial charge in [0.15, 0.2) is 0 Å². The standard InChI is InChI=1S/C15H24N2OS/c1-10(2)17-13(15(16)18)7-8-19-14-6-5-11(3)9-12(14)4/h5-6,9-10,13,17H,7-8H2,1-4H3,(H2,16,18). The second-order valence-electron chi connectivity index (χ2n) is 5.18. The van der Waals surface area contributed by atoms with Gasteiger partial charge in [-0.05, 0) is 31.9 Å². The fourth-order valence-corrected chi connectivity index (χ4v) is 2.98. The van der Waals surface area contributed by atoms with Gasteiger partial charge < -0.3 is 11.1 Å². The molecule has 4 heteroatoms. The molecule has 106 valence electrons. The van der Waals surface area contributed by atoms with Crippen molar-refractivity contribution in [1.82, 2.24) is 5.32 Å². The zero-order chi connectivity index (χ0) is 14.4. The summed E-state index contributed by atoms with van der Waals surface area (Å²) >= 11 is 1.78. The first-order chi connectivity index (χ1) is 8.90. The fraction of sp³-hybridized carbons (Fsp3) is 0.533. The van der Waals surface area contributed by atoms with Crippen LogP contribution in [0.3, 0.4) is 0 Å². The molecule has 0 aliphatic rings. The minimum atomic E-state index is -0.269. The third kappa shape index (κ3) is 5.66. The van der Waals surface area contributed by atoms with Crippen LogP contribution < -0.4 is 11.1 Å². The molecule has 0 aliphatic heterocycles. The Morgan fingerprint density at radius 3 is 2.58 bits per heavy atom. The number of carbonyl (C=O) groups is 1. The van der Waals surface area contributed by atoms with Gasteiger partial charge in [-0.3, -0.25) is 4.79 Å². The van der Waals surface area contributed by atoms with Crippen molar-refractivity contribution in [2.45, 2.75) is 51.1 Å². The fourth-order valence-electron chi connectivity index (χ4n) is 1.96. The molecule has 0 spiro atoms. The average molecular weight is 280 g/mol. The van der Waals surface area contributed by atoms with Gasteiger partial charge in [0.2, 0.25) is 5.91 Å².